The van der Waals surface area contributed by atoms with Crippen LogP contribution in [0.2, 0.25) is 0 Å². The lowest BCUT2D eigenvalue weighted by Gasteiger charge is -2.15. The van der Waals surface area contributed by atoms with E-state index >= 15 is 0 Å². The van der Waals surface area contributed by atoms with E-state index in [1.165, 1.54) is 25.9 Å². The van der Waals surface area contributed by atoms with Gasteiger partial charge < -0.3 is 10.2 Å². The summed E-state index contributed by atoms with van der Waals surface area (Å²) in [6, 6.07) is 5.19. The fourth-order valence-corrected chi connectivity index (χ4v) is 2.74. The molecule has 0 atom stereocenters. The van der Waals surface area contributed by atoms with Gasteiger partial charge in [0.2, 0.25) is 0 Å². The van der Waals surface area contributed by atoms with Crippen molar-refractivity contribution in [2.24, 2.45) is 0 Å². The van der Waals surface area contributed by atoms with Gasteiger partial charge >= 0.3 is 0 Å². The molecule has 1 fully saturated rings. The quantitative estimate of drug-likeness (QED) is 0.844. The monoisotopic (exact) mass is 325 g/mol. The Balaban J connectivity index is 1.82. The van der Waals surface area contributed by atoms with Crippen molar-refractivity contribution in [2.45, 2.75) is 19.3 Å². The highest BCUT2D eigenvalue weighted by Crippen LogP contribution is 2.26. The zero-order valence-corrected chi connectivity index (χ0v) is 12.3. The van der Waals surface area contributed by atoms with Crippen molar-refractivity contribution in [3.8, 4) is 6.07 Å². The van der Waals surface area contributed by atoms with Crippen LogP contribution in [0, 0.1) is 17.1 Å². The number of hydrogen-bond acceptors (Lipinski definition) is 3. The number of nitriles is 1. The summed E-state index contributed by atoms with van der Waals surface area (Å²) in [6.07, 6.45) is 3.59. The van der Waals surface area contributed by atoms with Gasteiger partial charge in [0, 0.05) is 6.54 Å². The third-order valence-electron chi connectivity index (χ3n) is 3.37. The van der Waals surface area contributed by atoms with Gasteiger partial charge in [0.1, 0.15) is 6.07 Å². The van der Waals surface area contributed by atoms with Gasteiger partial charge in [-0.2, -0.15) is 5.26 Å². The predicted octanol–water partition coefficient (Wildman–Crippen LogP) is 3.36. The third kappa shape index (κ3) is 3.68. The van der Waals surface area contributed by atoms with Gasteiger partial charge in [-0.25, -0.2) is 4.39 Å². The second-order valence-electron chi connectivity index (χ2n) is 4.73. The Morgan fingerprint density at radius 3 is 2.79 bits per heavy atom. The van der Waals surface area contributed by atoms with Gasteiger partial charge in [0.05, 0.1) is 15.7 Å². The molecule has 0 unspecified atom stereocenters. The average Bonchev–Trinajstić information content (AvgIpc) is 2.92. The topological polar surface area (TPSA) is 39.1 Å². The number of rotatable bonds is 5. The molecule has 0 saturated carbocycles. The molecule has 1 heterocycles. The molecule has 5 heteroatoms. The maximum atomic E-state index is 13.9. The van der Waals surface area contributed by atoms with Crippen molar-refractivity contribution in [3.05, 3.63) is 28.0 Å². The van der Waals surface area contributed by atoms with Crippen LogP contribution in [0.4, 0.5) is 10.1 Å². The Kier molecular flexibility index (Phi) is 5.17. The zero-order chi connectivity index (χ0) is 13.7. The molecule has 2 rings (SSSR count). The van der Waals surface area contributed by atoms with E-state index in [2.05, 4.69) is 26.1 Å². The van der Waals surface area contributed by atoms with Crippen molar-refractivity contribution >= 4 is 21.6 Å². The van der Waals surface area contributed by atoms with E-state index in [0.29, 0.717) is 11.3 Å². The molecule has 1 aromatic carbocycles. The summed E-state index contributed by atoms with van der Waals surface area (Å²) >= 11 is 3.11. The maximum Gasteiger partial charge on any atom is 0.161 e. The van der Waals surface area contributed by atoms with Crippen molar-refractivity contribution in [2.75, 3.05) is 31.5 Å². The van der Waals surface area contributed by atoms with Crippen LogP contribution >= 0.6 is 15.9 Å². The number of benzene rings is 1. The SMILES string of the molecule is N#Cc1ccc(NCCCN2CCCC2)c(F)c1Br. The lowest BCUT2D eigenvalue weighted by molar-refractivity contribution is 0.337. The molecular formula is C14H17BrFN3. The lowest BCUT2D eigenvalue weighted by Crippen LogP contribution is -2.22. The highest BCUT2D eigenvalue weighted by Gasteiger charge is 2.12. The van der Waals surface area contributed by atoms with Gasteiger partial charge in [-0.1, -0.05) is 0 Å². The van der Waals surface area contributed by atoms with Crippen LogP contribution in [-0.2, 0) is 0 Å². The summed E-state index contributed by atoms with van der Waals surface area (Å²) in [4.78, 5) is 2.44. The number of nitrogens with one attached hydrogen (secondary N) is 1. The number of likely N-dealkylation sites (tertiary alicyclic amines) is 1. The predicted molar refractivity (Wildman–Crippen MR) is 77.6 cm³/mol. The molecule has 0 aliphatic carbocycles. The molecule has 1 aliphatic heterocycles. The summed E-state index contributed by atoms with van der Waals surface area (Å²) in [5.41, 5.74) is 0.771. The number of nitrogens with zero attached hydrogens (tertiary/aromatic N) is 2. The fraction of sp³-hybridized carbons (Fsp3) is 0.500. The Morgan fingerprint density at radius 1 is 1.37 bits per heavy atom. The molecule has 0 aromatic heterocycles. The Labute approximate surface area is 121 Å². The van der Waals surface area contributed by atoms with Gasteiger partial charge in [-0.15, -0.1) is 0 Å². The molecule has 1 saturated heterocycles. The van der Waals surface area contributed by atoms with E-state index < -0.39 is 0 Å². The molecular weight excluding hydrogens is 309 g/mol. The van der Waals surface area contributed by atoms with Crippen molar-refractivity contribution < 1.29 is 4.39 Å². The highest BCUT2D eigenvalue weighted by molar-refractivity contribution is 9.10. The molecule has 0 amide bonds. The third-order valence-corrected chi connectivity index (χ3v) is 4.14. The van der Waals surface area contributed by atoms with E-state index in [1.54, 1.807) is 12.1 Å². The van der Waals surface area contributed by atoms with Crippen LogP contribution in [-0.4, -0.2) is 31.1 Å². The van der Waals surface area contributed by atoms with Crippen LogP contribution in [0.15, 0.2) is 16.6 Å². The molecule has 19 heavy (non-hydrogen) atoms. The van der Waals surface area contributed by atoms with Gasteiger partial charge in [0.15, 0.2) is 5.82 Å². The number of hydrogen-bond donors (Lipinski definition) is 1. The van der Waals surface area contributed by atoms with E-state index in [0.717, 1.165) is 19.5 Å². The number of halogens is 2. The second-order valence-corrected chi connectivity index (χ2v) is 5.52. The normalized spacial score (nSPS) is 15.4. The van der Waals surface area contributed by atoms with Gasteiger partial charge in [-0.05, 0) is 67.0 Å². The molecule has 0 spiro atoms. The van der Waals surface area contributed by atoms with Crippen molar-refractivity contribution in [1.82, 2.24) is 4.90 Å². The van der Waals surface area contributed by atoms with E-state index in [9.17, 15) is 4.39 Å². The fourth-order valence-electron chi connectivity index (χ4n) is 2.30. The molecule has 3 nitrogen and oxygen atoms in total. The maximum absolute atomic E-state index is 13.9. The molecule has 1 aromatic rings. The minimum absolute atomic E-state index is 0.236. The largest absolute Gasteiger partial charge is 0.383 e. The second kappa shape index (κ2) is 6.88. The first-order valence-corrected chi connectivity index (χ1v) is 7.36. The Morgan fingerprint density at radius 2 is 2.11 bits per heavy atom. The van der Waals surface area contributed by atoms with Crippen LogP contribution in [0.25, 0.3) is 0 Å². The summed E-state index contributed by atoms with van der Waals surface area (Å²) in [5.74, 6) is -0.389. The van der Waals surface area contributed by atoms with Crippen LogP contribution in [0.3, 0.4) is 0 Å². The Bertz CT molecular complexity index is 478. The van der Waals surface area contributed by atoms with E-state index in [-0.39, 0.29) is 10.3 Å². The molecule has 0 radical (unpaired) electrons. The van der Waals surface area contributed by atoms with Crippen molar-refractivity contribution in [3.63, 3.8) is 0 Å². The van der Waals surface area contributed by atoms with Gasteiger partial charge in [-0.3, -0.25) is 0 Å². The number of anilines is 1. The molecule has 0 bridgehead atoms. The smallest absolute Gasteiger partial charge is 0.161 e. The summed E-state index contributed by atoms with van der Waals surface area (Å²) in [5, 5.41) is 11.9. The van der Waals surface area contributed by atoms with Crippen LogP contribution in [0.1, 0.15) is 24.8 Å². The molecule has 1 N–H and O–H groups in total. The molecule has 102 valence electrons. The van der Waals surface area contributed by atoms with Gasteiger partial charge in [0.25, 0.3) is 0 Å². The first-order chi connectivity index (χ1) is 9.22. The standard InChI is InChI=1S/C14H17BrFN3/c15-13-11(10-17)4-5-12(14(13)16)18-6-3-9-19-7-1-2-8-19/h4-5,18H,1-3,6-9H2. The van der Waals surface area contributed by atoms with E-state index in [1.807, 2.05) is 6.07 Å². The first-order valence-electron chi connectivity index (χ1n) is 6.56. The average molecular weight is 326 g/mol. The van der Waals surface area contributed by atoms with Crippen molar-refractivity contribution in [1.29, 1.82) is 5.26 Å². The van der Waals surface area contributed by atoms with Crippen LogP contribution < -0.4 is 5.32 Å². The van der Waals surface area contributed by atoms with E-state index in [4.69, 9.17) is 5.26 Å². The summed E-state index contributed by atoms with van der Waals surface area (Å²) < 4.78 is 14.1. The highest BCUT2D eigenvalue weighted by atomic mass is 79.9. The minimum Gasteiger partial charge on any atom is -0.383 e. The molecule has 1 aliphatic rings. The summed E-state index contributed by atoms with van der Waals surface area (Å²) in [6.45, 7) is 4.19. The lowest BCUT2D eigenvalue weighted by atomic mass is 10.2. The summed E-state index contributed by atoms with van der Waals surface area (Å²) in [7, 11) is 0. The first kappa shape index (κ1) is 14.3. The Hall–Kier alpha value is -1.12. The minimum atomic E-state index is -0.389. The van der Waals surface area contributed by atoms with Crippen LogP contribution in [0.5, 0.6) is 0 Å². The zero-order valence-electron chi connectivity index (χ0n) is 10.8.